The van der Waals surface area contributed by atoms with E-state index in [4.69, 9.17) is 4.42 Å². The lowest BCUT2D eigenvalue weighted by molar-refractivity contribution is 0.470. The lowest BCUT2D eigenvalue weighted by Crippen LogP contribution is -2.29. The minimum absolute atomic E-state index is 0.340. The molecule has 0 aliphatic carbocycles. The molecule has 0 fully saturated rings. The van der Waals surface area contributed by atoms with Gasteiger partial charge in [0.15, 0.2) is 5.42 Å². The first-order valence-corrected chi connectivity index (χ1v) is 4.19. The van der Waals surface area contributed by atoms with Gasteiger partial charge < -0.3 is 4.42 Å². The average molecular weight is 179 g/mol. The van der Waals surface area contributed by atoms with E-state index in [-0.39, 0.29) is 5.76 Å². The minimum atomic E-state index is -0.340. The highest BCUT2D eigenvalue weighted by Crippen LogP contribution is 1.73. The van der Waals surface area contributed by atoms with Crippen molar-refractivity contribution in [1.29, 1.82) is 0 Å². The van der Waals surface area contributed by atoms with Crippen molar-refractivity contribution < 1.29 is 4.42 Å². The van der Waals surface area contributed by atoms with Crippen LogP contribution >= 0.6 is 0 Å². The largest absolute Gasteiger partial charge is 0.419 e. The van der Waals surface area contributed by atoms with Crippen LogP contribution in [0.3, 0.4) is 0 Å². The topological polar surface area (TPSA) is 35.1 Å². The zero-order valence-corrected chi connectivity index (χ0v) is 7.91. The van der Waals surface area contributed by atoms with E-state index < -0.39 is 0 Å². The summed E-state index contributed by atoms with van der Waals surface area (Å²) in [6.45, 7) is 5.56. The molecular formula is C10H13NO2. The van der Waals surface area contributed by atoms with Crippen LogP contribution in [0, 0.1) is 0 Å². The number of rotatable bonds is 2. The molecule has 1 rings (SSSR count). The molecule has 0 aliphatic rings. The van der Waals surface area contributed by atoms with Crippen molar-refractivity contribution >= 4 is 12.2 Å². The third-order valence-electron chi connectivity index (χ3n) is 1.75. The fourth-order valence-corrected chi connectivity index (χ4v) is 1.14. The van der Waals surface area contributed by atoms with Crippen LogP contribution in [0.2, 0.25) is 0 Å². The molecule has 70 valence electrons. The maximum absolute atomic E-state index is 11.1. The van der Waals surface area contributed by atoms with Gasteiger partial charge in [0, 0.05) is 7.05 Å². The summed E-state index contributed by atoms with van der Waals surface area (Å²) in [5.41, 5.74) is 0.573. The molecule has 0 N–H and O–H groups in total. The van der Waals surface area contributed by atoms with Crippen LogP contribution in [0.5, 0.6) is 0 Å². The smallest absolute Gasteiger partial charge is 0.408 e. The third-order valence-corrected chi connectivity index (χ3v) is 1.75. The van der Waals surface area contributed by atoms with Crippen molar-refractivity contribution in [3.63, 3.8) is 0 Å². The minimum Gasteiger partial charge on any atom is -0.408 e. The van der Waals surface area contributed by atoms with Gasteiger partial charge in [-0.1, -0.05) is 25.7 Å². The van der Waals surface area contributed by atoms with Crippen molar-refractivity contribution in [1.82, 2.24) is 4.57 Å². The Morgan fingerprint density at radius 2 is 2.31 bits per heavy atom. The molecule has 0 radical (unpaired) electrons. The predicted molar refractivity (Wildman–Crippen MR) is 52.6 cm³/mol. The van der Waals surface area contributed by atoms with Gasteiger partial charge in [0.25, 0.3) is 0 Å². The number of hydrogen-bond donors (Lipinski definition) is 0. The molecule has 0 saturated heterocycles. The normalized spacial score (nSPS) is 13.7. The Morgan fingerprint density at radius 3 is 2.85 bits per heavy atom. The highest BCUT2D eigenvalue weighted by Gasteiger charge is 1.98. The molecule has 0 bridgehead atoms. The number of aromatic nitrogens is 1. The van der Waals surface area contributed by atoms with E-state index in [1.807, 2.05) is 13.0 Å². The Labute approximate surface area is 76.3 Å². The summed E-state index contributed by atoms with van der Waals surface area (Å²) in [6.07, 6.45) is 6.10. The van der Waals surface area contributed by atoms with Crippen LogP contribution in [0.15, 0.2) is 21.9 Å². The zero-order chi connectivity index (χ0) is 9.84. The SMILES string of the molecule is C=C/C=c1/oc(=O)n(C)/c1=C/CC. The first-order valence-electron chi connectivity index (χ1n) is 4.19. The van der Waals surface area contributed by atoms with Crippen LogP contribution in [0.1, 0.15) is 13.3 Å². The van der Waals surface area contributed by atoms with Crippen LogP contribution in [0.4, 0.5) is 0 Å². The van der Waals surface area contributed by atoms with Crippen LogP contribution in [-0.4, -0.2) is 4.57 Å². The Hall–Kier alpha value is -1.51. The van der Waals surface area contributed by atoms with E-state index >= 15 is 0 Å². The molecule has 1 heterocycles. The van der Waals surface area contributed by atoms with Crippen molar-refractivity contribution in [2.24, 2.45) is 7.05 Å². The summed E-state index contributed by atoms with van der Waals surface area (Å²) < 4.78 is 6.47. The van der Waals surface area contributed by atoms with Gasteiger partial charge in [-0.15, -0.1) is 0 Å². The number of nitrogens with zero attached hydrogens (tertiary/aromatic N) is 1. The summed E-state index contributed by atoms with van der Waals surface area (Å²) in [4.78, 5) is 11.1. The van der Waals surface area contributed by atoms with Gasteiger partial charge in [-0.05, 0) is 12.5 Å². The molecule has 1 aromatic heterocycles. The molecule has 3 nitrogen and oxygen atoms in total. The monoisotopic (exact) mass is 179 g/mol. The van der Waals surface area contributed by atoms with Crippen LogP contribution < -0.4 is 16.5 Å². The Kier molecular flexibility index (Phi) is 2.90. The van der Waals surface area contributed by atoms with E-state index in [2.05, 4.69) is 6.58 Å². The summed E-state index contributed by atoms with van der Waals surface area (Å²) in [5, 5.41) is 0.812. The summed E-state index contributed by atoms with van der Waals surface area (Å²) >= 11 is 0. The van der Waals surface area contributed by atoms with Gasteiger partial charge in [0.2, 0.25) is 0 Å². The highest BCUT2D eigenvalue weighted by atomic mass is 16.4. The van der Waals surface area contributed by atoms with Crippen LogP contribution in [0.25, 0.3) is 12.2 Å². The van der Waals surface area contributed by atoms with Crippen molar-refractivity contribution in [3.05, 3.63) is 34.0 Å². The predicted octanol–water partition coefficient (Wildman–Crippen LogP) is 0.135. The van der Waals surface area contributed by atoms with Gasteiger partial charge in [-0.25, -0.2) is 4.79 Å². The average Bonchev–Trinajstić information content (AvgIpc) is 2.34. The van der Waals surface area contributed by atoms with Gasteiger partial charge in [0.05, 0.1) is 5.35 Å². The second-order valence-electron chi connectivity index (χ2n) is 2.69. The third kappa shape index (κ3) is 1.80. The maximum Gasteiger partial charge on any atom is 0.419 e. The van der Waals surface area contributed by atoms with E-state index in [0.29, 0.717) is 5.42 Å². The highest BCUT2D eigenvalue weighted by molar-refractivity contribution is 5.33. The molecule has 0 spiro atoms. The molecule has 0 amide bonds. The first kappa shape index (κ1) is 9.58. The fraction of sp³-hybridized carbons (Fsp3) is 0.300. The van der Waals surface area contributed by atoms with Crippen LogP contribution in [-0.2, 0) is 7.05 Å². The molecule has 1 aromatic rings. The molecule has 0 aliphatic heterocycles. The summed E-state index contributed by atoms with van der Waals surface area (Å²) in [6, 6.07) is 0. The number of allylic oxidation sites excluding steroid dienone is 1. The Morgan fingerprint density at radius 1 is 1.62 bits per heavy atom. The summed E-state index contributed by atoms with van der Waals surface area (Å²) in [7, 11) is 1.69. The Balaban J connectivity index is 3.64. The first-order chi connectivity index (χ1) is 6.20. The molecule has 0 atom stereocenters. The van der Waals surface area contributed by atoms with E-state index in [1.54, 1.807) is 19.2 Å². The van der Waals surface area contributed by atoms with Gasteiger partial charge >= 0.3 is 5.76 Å². The lowest BCUT2D eigenvalue weighted by Gasteiger charge is -1.84. The molecule has 0 saturated carbocycles. The fourth-order valence-electron chi connectivity index (χ4n) is 1.14. The number of oxazole rings is 1. The van der Waals surface area contributed by atoms with Crippen molar-refractivity contribution in [2.75, 3.05) is 0 Å². The van der Waals surface area contributed by atoms with Gasteiger partial charge in [-0.3, -0.25) is 4.57 Å². The molecule has 0 aromatic carbocycles. The van der Waals surface area contributed by atoms with Gasteiger partial charge in [0.1, 0.15) is 0 Å². The maximum atomic E-state index is 11.1. The zero-order valence-electron chi connectivity index (χ0n) is 7.91. The molecule has 3 heteroatoms. The van der Waals surface area contributed by atoms with E-state index in [0.717, 1.165) is 11.8 Å². The molecular weight excluding hydrogens is 166 g/mol. The quantitative estimate of drug-likeness (QED) is 0.647. The van der Waals surface area contributed by atoms with E-state index in [1.165, 1.54) is 4.57 Å². The standard InChI is InChI=1S/C10H13NO2/c1-4-6-8-9(7-5-2)13-10(12)11(8)3/h5-7H,2,4H2,1,3H3/b8-6+,9-7+. The Bertz CT molecular complexity index is 462. The second kappa shape index (κ2) is 3.94. The molecule has 13 heavy (non-hydrogen) atoms. The lowest BCUT2D eigenvalue weighted by atomic mass is 10.4. The van der Waals surface area contributed by atoms with Gasteiger partial charge in [-0.2, -0.15) is 0 Å². The molecule has 0 unspecified atom stereocenters. The summed E-state index contributed by atoms with van der Waals surface area (Å²) in [5.74, 6) is -0.340. The van der Waals surface area contributed by atoms with E-state index in [9.17, 15) is 4.79 Å². The second-order valence-corrected chi connectivity index (χ2v) is 2.69. The van der Waals surface area contributed by atoms with Crippen molar-refractivity contribution in [2.45, 2.75) is 13.3 Å². The van der Waals surface area contributed by atoms with Crippen molar-refractivity contribution in [3.8, 4) is 0 Å². The number of hydrogen-bond acceptors (Lipinski definition) is 2.